The Morgan fingerprint density at radius 3 is 2.30 bits per heavy atom. The lowest BCUT2D eigenvalue weighted by Crippen LogP contribution is -2.26. The van der Waals surface area contributed by atoms with E-state index in [1.807, 2.05) is 49.4 Å². The highest BCUT2D eigenvalue weighted by atomic mass is 35.5. The third-order valence-corrected chi connectivity index (χ3v) is 3.56. The van der Waals surface area contributed by atoms with Crippen molar-refractivity contribution in [3.8, 4) is 5.75 Å². The largest absolute Gasteiger partial charge is 0.494 e. The fourth-order valence-corrected chi connectivity index (χ4v) is 2.48. The van der Waals surface area contributed by atoms with Crippen LogP contribution in [0.3, 0.4) is 0 Å². The molecule has 0 aliphatic heterocycles. The van der Waals surface area contributed by atoms with Gasteiger partial charge in [-0.15, -0.1) is 0 Å². The summed E-state index contributed by atoms with van der Waals surface area (Å²) >= 11 is 6.17. The van der Waals surface area contributed by atoms with Crippen LogP contribution in [0, 0.1) is 0 Å². The van der Waals surface area contributed by atoms with Crippen molar-refractivity contribution >= 4 is 11.6 Å². The average molecular weight is 290 g/mol. The Bertz CT molecular complexity index is 556. The molecule has 0 amide bonds. The highest BCUT2D eigenvalue weighted by Gasteiger charge is 2.11. The van der Waals surface area contributed by atoms with Gasteiger partial charge in [0, 0.05) is 11.1 Å². The lowest BCUT2D eigenvalue weighted by molar-refractivity contribution is 0.335. The van der Waals surface area contributed by atoms with Crippen LogP contribution in [0.1, 0.15) is 18.1 Å². The molecule has 3 heteroatoms. The Kier molecular flexibility index (Phi) is 5.45. The first kappa shape index (κ1) is 14.9. The van der Waals surface area contributed by atoms with E-state index in [2.05, 4.69) is 6.07 Å². The second-order valence-corrected chi connectivity index (χ2v) is 5.21. The minimum atomic E-state index is 0.0245. The first-order valence-electron chi connectivity index (χ1n) is 6.90. The van der Waals surface area contributed by atoms with Crippen LogP contribution < -0.4 is 10.5 Å². The second-order valence-electron chi connectivity index (χ2n) is 4.80. The molecule has 0 saturated carbocycles. The van der Waals surface area contributed by atoms with E-state index in [9.17, 15) is 0 Å². The van der Waals surface area contributed by atoms with Crippen LogP contribution >= 0.6 is 11.6 Å². The van der Waals surface area contributed by atoms with Crippen LogP contribution in [0.5, 0.6) is 5.75 Å². The average Bonchev–Trinajstić information content (AvgIpc) is 2.44. The molecule has 0 aliphatic carbocycles. The van der Waals surface area contributed by atoms with Gasteiger partial charge in [-0.2, -0.15) is 0 Å². The van der Waals surface area contributed by atoms with Crippen molar-refractivity contribution in [3.63, 3.8) is 0 Å². The molecular weight excluding hydrogens is 270 g/mol. The molecule has 0 saturated heterocycles. The van der Waals surface area contributed by atoms with E-state index >= 15 is 0 Å². The Balaban J connectivity index is 2.05. The van der Waals surface area contributed by atoms with Crippen molar-refractivity contribution in [2.45, 2.75) is 25.8 Å². The van der Waals surface area contributed by atoms with E-state index in [-0.39, 0.29) is 6.04 Å². The molecule has 0 heterocycles. The van der Waals surface area contributed by atoms with Crippen molar-refractivity contribution in [1.82, 2.24) is 0 Å². The SMILES string of the molecule is CCOc1ccccc1CC(N)Cc1ccccc1Cl. The summed E-state index contributed by atoms with van der Waals surface area (Å²) < 4.78 is 5.63. The summed E-state index contributed by atoms with van der Waals surface area (Å²) in [7, 11) is 0. The van der Waals surface area contributed by atoms with Gasteiger partial charge >= 0.3 is 0 Å². The fourth-order valence-electron chi connectivity index (χ4n) is 2.27. The molecule has 2 rings (SSSR count). The van der Waals surface area contributed by atoms with Crippen LogP contribution in [0.15, 0.2) is 48.5 Å². The van der Waals surface area contributed by atoms with Crippen molar-refractivity contribution in [1.29, 1.82) is 0 Å². The zero-order valence-corrected chi connectivity index (χ0v) is 12.4. The zero-order valence-electron chi connectivity index (χ0n) is 11.7. The summed E-state index contributed by atoms with van der Waals surface area (Å²) in [6, 6.07) is 15.9. The highest BCUT2D eigenvalue weighted by Crippen LogP contribution is 2.22. The van der Waals surface area contributed by atoms with Crippen LogP contribution in [-0.4, -0.2) is 12.6 Å². The van der Waals surface area contributed by atoms with Crippen molar-refractivity contribution in [2.75, 3.05) is 6.61 Å². The van der Waals surface area contributed by atoms with Gasteiger partial charge in [-0.3, -0.25) is 0 Å². The second kappa shape index (κ2) is 7.32. The van der Waals surface area contributed by atoms with Crippen LogP contribution in [0.2, 0.25) is 5.02 Å². The van der Waals surface area contributed by atoms with Crippen molar-refractivity contribution < 1.29 is 4.74 Å². The van der Waals surface area contributed by atoms with E-state index in [4.69, 9.17) is 22.1 Å². The van der Waals surface area contributed by atoms with Gasteiger partial charge in [-0.05, 0) is 43.0 Å². The van der Waals surface area contributed by atoms with Crippen LogP contribution in [0.4, 0.5) is 0 Å². The van der Waals surface area contributed by atoms with Crippen LogP contribution in [-0.2, 0) is 12.8 Å². The molecular formula is C17H20ClNO. The molecule has 0 spiro atoms. The van der Waals surface area contributed by atoms with Gasteiger partial charge in [0.1, 0.15) is 5.75 Å². The molecule has 1 unspecified atom stereocenters. The molecule has 0 aromatic heterocycles. The maximum absolute atomic E-state index is 6.26. The number of para-hydroxylation sites is 1. The summed E-state index contributed by atoms with van der Waals surface area (Å²) in [4.78, 5) is 0. The molecule has 106 valence electrons. The van der Waals surface area contributed by atoms with Gasteiger partial charge in [-0.1, -0.05) is 48.0 Å². The van der Waals surface area contributed by atoms with Gasteiger partial charge in [0.15, 0.2) is 0 Å². The maximum atomic E-state index is 6.26. The van der Waals surface area contributed by atoms with E-state index in [1.165, 1.54) is 0 Å². The summed E-state index contributed by atoms with van der Waals surface area (Å²) in [5.41, 5.74) is 8.50. The Morgan fingerprint density at radius 2 is 1.60 bits per heavy atom. The lowest BCUT2D eigenvalue weighted by atomic mass is 9.99. The Morgan fingerprint density at radius 1 is 1.00 bits per heavy atom. The molecule has 20 heavy (non-hydrogen) atoms. The predicted molar refractivity (Wildman–Crippen MR) is 84.4 cm³/mol. The minimum absolute atomic E-state index is 0.0245. The summed E-state index contributed by atoms with van der Waals surface area (Å²) in [6.07, 6.45) is 1.54. The summed E-state index contributed by atoms with van der Waals surface area (Å²) in [6.45, 7) is 2.65. The highest BCUT2D eigenvalue weighted by molar-refractivity contribution is 6.31. The Labute approximate surface area is 125 Å². The maximum Gasteiger partial charge on any atom is 0.122 e. The summed E-state index contributed by atoms with van der Waals surface area (Å²) in [5, 5.41) is 0.779. The quantitative estimate of drug-likeness (QED) is 0.876. The smallest absolute Gasteiger partial charge is 0.122 e. The van der Waals surface area contributed by atoms with E-state index < -0.39 is 0 Å². The fraction of sp³-hybridized carbons (Fsp3) is 0.294. The molecule has 0 bridgehead atoms. The zero-order chi connectivity index (χ0) is 14.4. The van der Waals surface area contributed by atoms with Gasteiger partial charge in [0.25, 0.3) is 0 Å². The van der Waals surface area contributed by atoms with Crippen LogP contribution in [0.25, 0.3) is 0 Å². The molecule has 0 aliphatic rings. The molecule has 0 fully saturated rings. The van der Waals surface area contributed by atoms with Gasteiger partial charge in [0.2, 0.25) is 0 Å². The lowest BCUT2D eigenvalue weighted by Gasteiger charge is -2.15. The minimum Gasteiger partial charge on any atom is -0.494 e. The third-order valence-electron chi connectivity index (χ3n) is 3.19. The molecule has 2 N–H and O–H groups in total. The molecule has 1 atom stereocenters. The number of halogens is 1. The molecule has 2 aromatic rings. The topological polar surface area (TPSA) is 35.2 Å². The van der Waals surface area contributed by atoms with E-state index in [0.29, 0.717) is 6.61 Å². The van der Waals surface area contributed by atoms with E-state index in [1.54, 1.807) is 0 Å². The van der Waals surface area contributed by atoms with Gasteiger partial charge in [0.05, 0.1) is 6.61 Å². The molecule has 0 radical (unpaired) electrons. The molecule has 2 nitrogen and oxygen atoms in total. The normalized spacial score (nSPS) is 12.2. The van der Waals surface area contributed by atoms with Crippen molar-refractivity contribution in [2.24, 2.45) is 5.73 Å². The van der Waals surface area contributed by atoms with E-state index in [0.717, 1.165) is 34.7 Å². The number of ether oxygens (including phenoxy) is 1. The Hall–Kier alpha value is -1.51. The predicted octanol–water partition coefficient (Wildman–Crippen LogP) is 3.85. The third kappa shape index (κ3) is 3.99. The number of nitrogens with two attached hydrogens (primary N) is 1. The molecule has 2 aromatic carbocycles. The first-order chi connectivity index (χ1) is 9.70. The number of rotatable bonds is 6. The van der Waals surface area contributed by atoms with Gasteiger partial charge in [-0.25, -0.2) is 0 Å². The summed E-state index contributed by atoms with van der Waals surface area (Å²) in [5.74, 6) is 0.921. The number of hydrogen-bond acceptors (Lipinski definition) is 2. The standard InChI is InChI=1S/C17H20ClNO/c1-2-20-17-10-6-4-8-14(17)12-15(19)11-13-7-3-5-9-16(13)18/h3-10,15H,2,11-12,19H2,1H3. The monoisotopic (exact) mass is 289 g/mol. The van der Waals surface area contributed by atoms with Gasteiger partial charge < -0.3 is 10.5 Å². The number of hydrogen-bond donors (Lipinski definition) is 1. The first-order valence-corrected chi connectivity index (χ1v) is 7.28. The number of benzene rings is 2. The van der Waals surface area contributed by atoms with Crippen molar-refractivity contribution in [3.05, 3.63) is 64.7 Å².